The first-order valence-corrected chi connectivity index (χ1v) is 11.4. The van der Waals surface area contributed by atoms with Gasteiger partial charge in [-0.1, -0.05) is 13.8 Å². The van der Waals surface area contributed by atoms with E-state index < -0.39 is 18.0 Å². The van der Waals surface area contributed by atoms with Gasteiger partial charge in [0.15, 0.2) is 0 Å². The number of hydrogen-bond donors (Lipinski definition) is 0. The Bertz CT molecular complexity index is 625. The summed E-state index contributed by atoms with van der Waals surface area (Å²) in [6.45, 7) is 4.53. The molecule has 0 amide bonds. The number of carbonyl (C=O) groups excluding carboxylic acids is 2. The summed E-state index contributed by atoms with van der Waals surface area (Å²) in [5, 5.41) is 0. The van der Waals surface area contributed by atoms with Crippen LogP contribution in [0.1, 0.15) is 78.1 Å². The Morgan fingerprint density at radius 2 is 1.62 bits per heavy atom. The first-order valence-electron chi connectivity index (χ1n) is 11.4. The molecule has 0 aromatic heterocycles. The zero-order valence-electron chi connectivity index (χ0n) is 17.6. The molecule has 0 saturated heterocycles. The third-order valence-electron chi connectivity index (χ3n) is 8.19. The van der Waals surface area contributed by atoms with Gasteiger partial charge in [0.2, 0.25) is 0 Å². The van der Waals surface area contributed by atoms with Crippen molar-refractivity contribution in [2.24, 2.45) is 35.0 Å². The highest BCUT2D eigenvalue weighted by Gasteiger charge is 2.60. The van der Waals surface area contributed by atoms with Gasteiger partial charge >= 0.3 is 18.4 Å². The highest BCUT2D eigenvalue weighted by Crippen LogP contribution is 2.63. The van der Waals surface area contributed by atoms with Crippen molar-refractivity contribution in [3.63, 3.8) is 0 Å². The molecule has 4 nitrogen and oxygen atoms in total. The molecule has 2 atom stereocenters. The number of alkyl halides is 2. The van der Waals surface area contributed by atoms with Crippen molar-refractivity contribution >= 4 is 11.9 Å². The Hall–Kier alpha value is -1.20. The van der Waals surface area contributed by atoms with E-state index in [1.165, 1.54) is 0 Å². The van der Waals surface area contributed by atoms with Crippen LogP contribution < -0.4 is 0 Å². The van der Waals surface area contributed by atoms with Crippen molar-refractivity contribution in [2.45, 2.75) is 90.1 Å². The zero-order chi connectivity index (χ0) is 20.8. The molecular weight excluding hydrogens is 378 g/mol. The minimum Gasteiger partial charge on any atom is -0.461 e. The van der Waals surface area contributed by atoms with Crippen LogP contribution in [-0.2, 0) is 19.1 Å². The summed E-state index contributed by atoms with van der Waals surface area (Å²) in [5.41, 5.74) is -0.780. The molecule has 5 aliphatic rings. The van der Waals surface area contributed by atoms with E-state index in [1.807, 2.05) is 0 Å². The molecule has 4 bridgehead atoms. The molecule has 164 valence electrons. The van der Waals surface area contributed by atoms with Gasteiger partial charge in [-0.25, -0.2) is 4.79 Å². The van der Waals surface area contributed by atoms with Crippen LogP contribution >= 0.6 is 0 Å². The Morgan fingerprint density at radius 3 is 2.17 bits per heavy atom. The standard InChI is InChI=1S/C23H34F2O4/c1-14(2)17-3-5-18(6-4-17)20(26)29-23-10-15-7-16(11-23)9-22(8-15,12-23)13-28-21(27)19(24)25/h14-19H,3-13H2,1-2H3. The summed E-state index contributed by atoms with van der Waals surface area (Å²) in [6, 6.07) is 0. The van der Waals surface area contributed by atoms with Gasteiger partial charge in [0.25, 0.3) is 0 Å². The molecule has 0 heterocycles. The van der Waals surface area contributed by atoms with Crippen LogP contribution in [0.4, 0.5) is 8.78 Å². The Kier molecular flexibility index (Phi) is 5.67. The third-order valence-corrected chi connectivity index (χ3v) is 8.19. The average Bonchev–Trinajstić information content (AvgIpc) is 2.64. The van der Waals surface area contributed by atoms with Gasteiger partial charge in [0, 0.05) is 5.41 Å². The zero-order valence-corrected chi connectivity index (χ0v) is 17.6. The van der Waals surface area contributed by atoms with Crippen molar-refractivity contribution in [3.8, 4) is 0 Å². The van der Waals surface area contributed by atoms with Gasteiger partial charge < -0.3 is 9.47 Å². The highest BCUT2D eigenvalue weighted by atomic mass is 19.3. The lowest BCUT2D eigenvalue weighted by Gasteiger charge is -2.61. The van der Waals surface area contributed by atoms with Crippen LogP contribution in [0, 0.1) is 35.0 Å². The lowest BCUT2D eigenvalue weighted by Crippen LogP contribution is -2.59. The van der Waals surface area contributed by atoms with E-state index in [0.29, 0.717) is 30.1 Å². The van der Waals surface area contributed by atoms with E-state index in [9.17, 15) is 18.4 Å². The van der Waals surface area contributed by atoms with Crippen LogP contribution in [0.5, 0.6) is 0 Å². The first kappa shape index (κ1) is 21.0. The minimum atomic E-state index is -3.09. The molecule has 0 spiro atoms. The van der Waals surface area contributed by atoms with Crippen molar-refractivity contribution in [3.05, 3.63) is 0 Å². The Labute approximate surface area is 172 Å². The fraction of sp³-hybridized carbons (Fsp3) is 0.913. The minimum absolute atomic E-state index is 0.00869. The number of ether oxygens (including phenoxy) is 2. The Balaban J connectivity index is 1.40. The van der Waals surface area contributed by atoms with E-state index >= 15 is 0 Å². The van der Waals surface area contributed by atoms with Gasteiger partial charge in [0.05, 0.1) is 12.5 Å². The number of hydrogen-bond acceptors (Lipinski definition) is 4. The Morgan fingerprint density at radius 1 is 1.00 bits per heavy atom. The SMILES string of the molecule is CC(C)C1CCC(C(=O)OC23CC4CC(CC(COC(=O)C(F)F)(C4)C2)C3)CC1. The van der Waals surface area contributed by atoms with Crippen molar-refractivity contribution < 1.29 is 27.8 Å². The van der Waals surface area contributed by atoms with Crippen LogP contribution in [0.15, 0.2) is 0 Å². The van der Waals surface area contributed by atoms with Gasteiger partial charge in [-0.15, -0.1) is 0 Å². The largest absolute Gasteiger partial charge is 0.461 e. The second-order valence-electron chi connectivity index (χ2n) is 10.8. The van der Waals surface area contributed by atoms with Gasteiger partial charge in [-0.3, -0.25) is 4.79 Å². The lowest BCUT2D eigenvalue weighted by molar-refractivity contribution is -0.215. The molecule has 0 radical (unpaired) electrons. The van der Waals surface area contributed by atoms with E-state index in [-0.39, 0.29) is 23.9 Å². The average molecular weight is 413 g/mol. The number of rotatable bonds is 6. The quantitative estimate of drug-likeness (QED) is 0.567. The summed E-state index contributed by atoms with van der Waals surface area (Å²) in [4.78, 5) is 24.3. The lowest BCUT2D eigenvalue weighted by atomic mass is 9.48. The van der Waals surface area contributed by atoms with Crippen LogP contribution in [-0.4, -0.2) is 30.6 Å². The second-order valence-corrected chi connectivity index (χ2v) is 10.8. The predicted octanol–water partition coefficient (Wildman–Crippen LogP) is 5.14. The molecule has 5 aliphatic carbocycles. The maximum Gasteiger partial charge on any atom is 0.373 e. The van der Waals surface area contributed by atoms with Crippen LogP contribution in [0.3, 0.4) is 0 Å². The van der Waals surface area contributed by atoms with Gasteiger partial charge in [-0.2, -0.15) is 8.78 Å². The first-order chi connectivity index (χ1) is 13.7. The molecule has 5 fully saturated rings. The molecular formula is C23H34F2O4. The van der Waals surface area contributed by atoms with Crippen LogP contribution in [0.2, 0.25) is 0 Å². The number of halogens is 2. The number of carbonyl (C=O) groups is 2. The monoisotopic (exact) mass is 412 g/mol. The summed E-state index contributed by atoms with van der Waals surface area (Å²) in [7, 11) is 0. The van der Waals surface area contributed by atoms with E-state index in [1.54, 1.807) is 0 Å². The fourth-order valence-electron chi connectivity index (χ4n) is 7.26. The molecule has 0 N–H and O–H groups in total. The molecule has 5 rings (SSSR count). The summed E-state index contributed by atoms with van der Waals surface area (Å²) < 4.78 is 36.3. The molecule has 0 aliphatic heterocycles. The second kappa shape index (κ2) is 7.81. The van der Waals surface area contributed by atoms with E-state index in [4.69, 9.17) is 9.47 Å². The smallest absolute Gasteiger partial charge is 0.373 e. The van der Waals surface area contributed by atoms with Crippen molar-refractivity contribution in [1.29, 1.82) is 0 Å². The molecule has 6 heteroatoms. The summed E-state index contributed by atoms with van der Waals surface area (Å²) >= 11 is 0. The predicted molar refractivity (Wildman–Crippen MR) is 103 cm³/mol. The third kappa shape index (κ3) is 4.32. The molecule has 5 saturated carbocycles. The topological polar surface area (TPSA) is 52.6 Å². The maximum atomic E-state index is 13.0. The summed E-state index contributed by atoms with van der Waals surface area (Å²) in [6.07, 6.45) is 6.19. The van der Waals surface area contributed by atoms with Crippen LogP contribution in [0.25, 0.3) is 0 Å². The van der Waals surface area contributed by atoms with E-state index in [0.717, 1.165) is 57.8 Å². The van der Waals surface area contributed by atoms with Gasteiger partial charge in [0.1, 0.15) is 5.60 Å². The molecule has 0 aromatic rings. The van der Waals surface area contributed by atoms with E-state index in [2.05, 4.69) is 13.8 Å². The normalized spacial score (nSPS) is 41.0. The van der Waals surface area contributed by atoms with Gasteiger partial charge in [-0.05, 0) is 87.9 Å². The highest BCUT2D eigenvalue weighted by molar-refractivity contribution is 5.73. The number of esters is 2. The molecule has 29 heavy (non-hydrogen) atoms. The fourth-order valence-corrected chi connectivity index (χ4v) is 7.26. The molecule has 2 unspecified atom stereocenters. The van der Waals surface area contributed by atoms with Crippen molar-refractivity contribution in [1.82, 2.24) is 0 Å². The van der Waals surface area contributed by atoms with Crippen molar-refractivity contribution in [2.75, 3.05) is 6.61 Å². The molecule has 0 aromatic carbocycles. The summed E-state index contributed by atoms with van der Waals surface area (Å²) in [5.74, 6) is 0.725. The maximum absolute atomic E-state index is 13.0.